The molecule has 5 nitrogen and oxygen atoms in total. The van der Waals surface area contributed by atoms with Crippen LogP contribution in [0.5, 0.6) is 5.75 Å². The normalized spacial score (nSPS) is 10.8. The Morgan fingerprint density at radius 1 is 1.53 bits per heavy atom. The molecule has 0 amide bonds. The maximum Gasteiger partial charge on any atom is 0.221 e. The third-order valence-corrected chi connectivity index (χ3v) is 3.16. The summed E-state index contributed by atoms with van der Waals surface area (Å²) < 4.78 is 7.43. The molecule has 0 spiro atoms. The Kier molecular flexibility index (Phi) is 3.63. The van der Waals surface area contributed by atoms with Crippen LogP contribution in [-0.4, -0.2) is 23.4 Å². The van der Waals surface area contributed by atoms with Crippen LogP contribution < -0.4 is 15.9 Å². The zero-order chi connectivity index (χ0) is 12.4. The summed E-state index contributed by atoms with van der Waals surface area (Å²) in [4.78, 5) is 12.0. The average Bonchev–Trinajstić information content (AvgIpc) is 2.35. The fraction of sp³-hybridized carbons (Fsp3) is 0.273. The summed E-state index contributed by atoms with van der Waals surface area (Å²) in [5.74, 6) is 0.636. The number of benzene rings is 1. The number of hydrogen-bond acceptors (Lipinski definition) is 4. The molecule has 0 saturated heterocycles. The summed E-state index contributed by atoms with van der Waals surface area (Å²) in [6, 6.07) is 5.38. The molecule has 0 aliphatic heterocycles. The number of halogens is 1. The highest BCUT2D eigenvalue weighted by Crippen LogP contribution is 2.22. The molecule has 0 unspecified atom stereocenters. The lowest BCUT2D eigenvalue weighted by atomic mass is 10.2. The maximum absolute atomic E-state index is 12.0. The van der Waals surface area contributed by atoms with Gasteiger partial charge in [-0.05, 0) is 34.7 Å². The molecule has 17 heavy (non-hydrogen) atoms. The number of nitrogens with zero attached hydrogens (tertiary/aromatic N) is 2. The zero-order valence-corrected chi connectivity index (χ0v) is 11.5. The highest BCUT2D eigenvalue weighted by molar-refractivity contribution is 14.1. The molecule has 2 aromatic rings. The molecule has 0 aliphatic carbocycles. The first-order valence-electron chi connectivity index (χ1n) is 5.12. The third-order valence-electron chi connectivity index (χ3n) is 2.46. The fourth-order valence-corrected chi connectivity index (χ4v) is 2.28. The van der Waals surface area contributed by atoms with Crippen LogP contribution >= 0.6 is 22.6 Å². The van der Waals surface area contributed by atoms with Crippen molar-refractivity contribution in [2.75, 3.05) is 13.7 Å². The van der Waals surface area contributed by atoms with E-state index in [2.05, 4.69) is 5.10 Å². The van der Waals surface area contributed by atoms with E-state index < -0.39 is 0 Å². The van der Waals surface area contributed by atoms with Gasteiger partial charge in [-0.15, -0.1) is 0 Å². The lowest BCUT2D eigenvalue weighted by Crippen LogP contribution is -2.20. The topological polar surface area (TPSA) is 70.1 Å². The van der Waals surface area contributed by atoms with E-state index in [-0.39, 0.29) is 5.43 Å². The molecule has 1 aromatic heterocycles. The predicted molar refractivity (Wildman–Crippen MR) is 74.3 cm³/mol. The Balaban J connectivity index is 2.88. The summed E-state index contributed by atoms with van der Waals surface area (Å²) in [7, 11) is 1.57. The molecular formula is C11H12IN3O2. The molecule has 90 valence electrons. The molecule has 0 aliphatic rings. The van der Waals surface area contributed by atoms with Crippen molar-refractivity contribution in [3.05, 3.63) is 32.1 Å². The van der Waals surface area contributed by atoms with Crippen molar-refractivity contribution < 1.29 is 4.74 Å². The lowest BCUT2D eigenvalue weighted by molar-refractivity contribution is 0.415. The van der Waals surface area contributed by atoms with Crippen molar-refractivity contribution in [1.82, 2.24) is 9.78 Å². The number of para-hydroxylation sites is 1. The quantitative estimate of drug-likeness (QED) is 0.842. The molecule has 1 heterocycles. The van der Waals surface area contributed by atoms with E-state index in [0.29, 0.717) is 33.4 Å². The van der Waals surface area contributed by atoms with Gasteiger partial charge in [0.1, 0.15) is 11.3 Å². The smallest absolute Gasteiger partial charge is 0.221 e. The Hall–Kier alpha value is -1.15. The number of ether oxygens (including phenoxy) is 1. The Morgan fingerprint density at radius 2 is 2.29 bits per heavy atom. The van der Waals surface area contributed by atoms with Gasteiger partial charge in [0.05, 0.1) is 19.0 Å². The molecule has 1 aromatic carbocycles. The number of rotatable bonds is 3. The second-order valence-electron chi connectivity index (χ2n) is 3.49. The summed E-state index contributed by atoms with van der Waals surface area (Å²) in [5.41, 5.74) is 6.17. The van der Waals surface area contributed by atoms with Crippen molar-refractivity contribution in [1.29, 1.82) is 0 Å². The maximum atomic E-state index is 12.0. The van der Waals surface area contributed by atoms with Crippen LogP contribution in [0.25, 0.3) is 10.9 Å². The largest absolute Gasteiger partial charge is 0.494 e. The predicted octanol–water partition coefficient (Wildman–Crippen LogP) is 0.968. The Labute approximate surface area is 112 Å². The summed E-state index contributed by atoms with van der Waals surface area (Å²) >= 11 is 1.94. The number of aromatic nitrogens is 2. The van der Waals surface area contributed by atoms with E-state index in [9.17, 15) is 4.79 Å². The van der Waals surface area contributed by atoms with Gasteiger partial charge in [-0.1, -0.05) is 6.07 Å². The molecule has 6 heteroatoms. The van der Waals surface area contributed by atoms with E-state index in [1.165, 1.54) is 0 Å². The fourth-order valence-electron chi connectivity index (χ4n) is 1.73. The SMILES string of the molecule is COc1cccc2c(=O)c(I)nn(CCN)c12. The average molecular weight is 345 g/mol. The first kappa shape index (κ1) is 12.3. The minimum atomic E-state index is -0.0761. The molecule has 0 saturated carbocycles. The van der Waals surface area contributed by atoms with Crippen molar-refractivity contribution in [3.63, 3.8) is 0 Å². The van der Waals surface area contributed by atoms with Crippen LogP contribution in [0.4, 0.5) is 0 Å². The van der Waals surface area contributed by atoms with Gasteiger partial charge in [0.15, 0.2) is 3.70 Å². The van der Waals surface area contributed by atoms with E-state index in [1.54, 1.807) is 23.9 Å². The minimum absolute atomic E-state index is 0.0761. The summed E-state index contributed by atoms with van der Waals surface area (Å²) in [5, 5.41) is 4.84. The standard InChI is InChI=1S/C11H12IN3O2/c1-17-8-4-2-3-7-9(8)15(6-5-13)14-11(12)10(7)16/h2-4H,5-6,13H2,1H3. The second kappa shape index (κ2) is 5.01. The van der Waals surface area contributed by atoms with Crippen molar-refractivity contribution in [2.45, 2.75) is 6.54 Å². The van der Waals surface area contributed by atoms with Crippen molar-refractivity contribution in [3.8, 4) is 5.75 Å². The molecule has 0 bridgehead atoms. The van der Waals surface area contributed by atoms with Gasteiger partial charge in [0, 0.05) is 6.54 Å². The third kappa shape index (κ3) is 2.14. The van der Waals surface area contributed by atoms with Crippen LogP contribution in [0.15, 0.2) is 23.0 Å². The summed E-state index contributed by atoms with van der Waals surface area (Å²) in [6.45, 7) is 1.01. The first-order valence-corrected chi connectivity index (χ1v) is 6.20. The van der Waals surface area contributed by atoms with Crippen LogP contribution in [-0.2, 0) is 6.54 Å². The molecule has 0 radical (unpaired) electrons. The number of fused-ring (bicyclic) bond motifs is 1. The van der Waals surface area contributed by atoms with Crippen LogP contribution in [0.1, 0.15) is 0 Å². The Morgan fingerprint density at radius 3 is 2.94 bits per heavy atom. The van der Waals surface area contributed by atoms with Gasteiger partial charge in [-0.2, -0.15) is 5.10 Å². The van der Waals surface area contributed by atoms with Gasteiger partial charge >= 0.3 is 0 Å². The minimum Gasteiger partial charge on any atom is -0.494 e. The monoisotopic (exact) mass is 345 g/mol. The highest BCUT2D eigenvalue weighted by Gasteiger charge is 2.12. The van der Waals surface area contributed by atoms with Gasteiger partial charge in [0.2, 0.25) is 5.43 Å². The van der Waals surface area contributed by atoms with E-state index in [4.69, 9.17) is 10.5 Å². The van der Waals surface area contributed by atoms with Crippen LogP contribution in [0.3, 0.4) is 0 Å². The zero-order valence-electron chi connectivity index (χ0n) is 9.31. The van der Waals surface area contributed by atoms with E-state index in [0.717, 1.165) is 0 Å². The number of methoxy groups -OCH3 is 1. The van der Waals surface area contributed by atoms with Gasteiger partial charge in [-0.25, -0.2) is 0 Å². The van der Waals surface area contributed by atoms with Gasteiger partial charge < -0.3 is 10.5 Å². The highest BCUT2D eigenvalue weighted by atomic mass is 127. The van der Waals surface area contributed by atoms with E-state index >= 15 is 0 Å². The van der Waals surface area contributed by atoms with E-state index in [1.807, 2.05) is 28.7 Å². The Bertz CT molecular complexity index is 609. The van der Waals surface area contributed by atoms with Gasteiger partial charge in [-0.3, -0.25) is 9.48 Å². The molecule has 0 atom stereocenters. The number of hydrogen-bond donors (Lipinski definition) is 1. The number of nitrogens with two attached hydrogens (primary N) is 1. The first-order chi connectivity index (χ1) is 8.19. The second-order valence-corrected chi connectivity index (χ2v) is 4.51. The van der Waals surface area contributed by atoms with Crippen molar-refractivity contribution >= 4 is 33.5 Å². The summed E-state index contributed by atoms with van der Waals surface area (Å²) in [6.07, 6.45) is 0. The lowest BCUT2D eigenvalue weighted by Gasteiger charge is -2.12. The van der Waals surface area contributed by atoms with Crippen molar-refractivity contribution in [2.24, 2.45) is 5.73 Å². The molecule has 0 fully saturated rings. The van der Waals surface area contributed by atoms with Crippen LogP contribution in [0, 0.1) is 3.70 Å². The molecule has 2 rings (SSSR count). The molecular weight excluding hydrogens is 333 g/mol. The van der Waals surface area contributed by atoms with Gasteiger partial charge in [0.25, 0.3) is 0 Å². The molecule has 2 N–H and O–H groups in total. The van der Waals surface area contributed by atoms with Crippen LogP contribution in [0.2, 0.25) is 0 Å².